The molecule has 6 heteroatoms. The summed E-state index contributed by atoms with van der Waals surface area (Å²) < 4.78 is 20.7. The summed E-state index contributed by atoms with van der Waals surface area (Å²) in [7, 11) is 0. The molecule has 0 aliphatic carbocycles. The van der Waals surface area contributed by atoms with E-state index in [0.717, 1.165) is 35.9 Å². The number of hydrogen-bond acceptors (Lipinski definition) is 3. The van der Waals surface area contributed by atoms with Gasteiger partial charge in [0.25, 0.3) is 0 Å². The number of ether oxygens (including phenoxy) is 1. The van der Waals surface area contributed by atoms with E-state index in [9.17, 15) is 9.18 Å². The Kier molecular flexibility index (Phi) is 4.81. The lowest BCUT2D eigenvalue weighted by molar-refractivity contribution is -0.0840. The van der Waals surface area contributed by atoms with Crippen LogP contribution in [0.3, 0.4) is 0 Å². The lowest BCUT2D eigenvalue weighted by Gasteiger charge is -2.48. The number of morpholine rings is 1. The zero-order chi connectivity index (χ0) is 19.8. The number of halogens is 1. The highest BCUT2D eigenvalue weighted by molar-refractivity contribution is 5.91. The number of carbonyl (C=O) groups excluding carboxylic acids is 1. The van der Waals surface area contributed by atoms with Crippen LogP contribution in [0.2, 0.25) is 0 Å². The highest BCUT2D eigenvalue weighted by atomic mass is 19.1. The monoisotopic (exact) mass is 393 g/mol. The smallest absolute Gasteiger partial charge is 0.326 e. The van der Waals surface area contributed by atoms with Crippen LogP contribution in [0.5, 0.6) is 0 Å². The van der Waals surface area contributed by atoms with Crippen molar-refractivity contribution in [1.29, 1.82) is 0 Å². The van der Waals surface area contributed by atoms with Crippen LogP contribution in [0.15, 0.2) is 60.8 Å². The molecule has 5 nitrogen and oxygen atoms in total. The van der Waals surface area contributed by atoms with E-state index in [1.165, 1.54) is 12.1 Å². The number of amides is 1. The van der Waals surface area contributed by atoms with Crippen LogP contribution in [0.4, 0.5) is 9.18 Å². The Labute approximate surface area is 169 Å². The van der Waals surface area contributed by atoms with E-state index < -0.39 is 0 Å². The van der Waals surface area contributed by atoms with Crippen molar-refractivity contribution in [3.05, 3.63) is 72.2 Å². The molecule has 0 radical (unpaired) electrons. The average molecular weight is 393 g/mol. The van der Waals surface area contributed by atoms with Gasteiger partial charge in [-0.1, -0.05) is 30.3 Å². The third kappa shape index (κ3) is 3.66. The molecule has 3 heterocycles. The Balaban J connectivity index is 1.28. The highest BCUT2D eigenvalue weighted by Crippen LogP contribution is 2.29. The second kappa shape index (κ2) is 7.61. The molecule has 2 aromatic carbocycles. The van der Waals surface area contributed by atoms with E-state index in [4.69, 9.17) is 4.74 Å². The number of aromatic nitrogens is 1. The summed E-state index contributed by atoms with van der Waals surface area (Å²) in [4.78, 5) is 15.3. The predicted molar refractivity (Wildman–Crippen MR) is 109 cm³/mol. The minimum atomic E-state index is -0.212. The first kappa shape index (κ1) is 18.3. The van der Waals surface area contributed by atoms with E-state index in [1.807, 2.05) is 48.7 Å². The van der Waals surface area contributed by atoms with Crippen molar-refractivity contribution in [3.8, 4) is 0 Å². The molecule has 3 aromatic rings. The summed E-state index contributed by atoms with van der Waals surface area (Å²) in [5.74, 6) is -0.212. The van der Waals surface area contributed by atoms with Crippen molar-refractivity contribution in [2.45, 2.75) is 37.5 Å². The van der Waals surface area contributed by atoms with Crippen molar-refractivity contribution in [2.75, 3.05) is 13.2 Å². The Morgan fingerprint density at radius 1 is 1.03 bits per heavy atom. The van der Waals surface area contributed by atoms with Crippen LogP contribution in [-0.2, 0) is 11.3 Å². The predicted octanol–water partition coefficient (Wildman–Crippen LogP) is 3.77. The summed E-state index contributed by atoms with van der Waals surface area (Å²) in [6.07, 6.45) is 3.53. The summed E-state index contributed by atoms with van der Waals surface area (Å²) >= 11 is 0. The molecule has 29 heavy (non-hydrogen) atoms. The molecule has 1 N–H and O–H groups in total. The number of rotatable bonds is 3. The Morgan fingerprint density at radius 3 is 2.52 bits per heavy atom. The number of hydrogen-bond donors (Lipinski definition) is 1. The fourth-order valence-corrected chi connectivity index (χ4v) is 4.67. The quantitative estimate of drug-likeness (QED) is 0.737. The topological polar surface area (TPSA) is 46.5 Å². The SMILES string of the molecule is O=C(NC1CC2COCC(C1)N2Cc1ccc(F)cc1)n1ccc2ccccc21. The molecule has 1 aromatic heterocycles. The van der Waals surface area contributed by atoms with E-state index in [0.29, 0.717) is 13.2 Å². The number of nitrogens with zero attached hydrogens (tertiary/aromatic N) is 2. The average Bonchev–Trinajstić information content (AvgIpc) is 3.14. The van der Waals surface area contributed by atoms with Gasteiger partial charge in [-0.05, 0) is 42.7 Å². The summed E-state index contributed by atoms with van der Waals surface area (Å²) in [5.41, 5.74) is 2.02. The minimum Gasteiger partial charge on any atom is -0.378 e. The van der Waals surface area contributed by atoms with Crippen LogP contribution in [0, 0.1) is 5.82 Å². The number of nitrogens with one attached hydrogen (secondary N) is 1. The molecule has 1 amide bonds. The zero-order valence-electron chi connectivity index (χ0n) is 16.1. The van der Waals surface area contributed by atoms with E-state index >= 15 is 0 Å². The van der Waals surface area contributed by atoms with Crippen LogP contribution < -0.4 is 5.32 Å². The maximum Gasteiger partial charge on any atom is 0.326 e. The Hall–Kier alpha value is -2.70. The third-order valence-electron chi connectivity index (χ3n) is 6.10. The molecule has 2 aliphatic heterocycles. The second-order valence-corrected chi connectivity index (χ2v) is 8.01. The van der Waals surface area contributed by atoms with Crippen molar-refractivity contribution in [3.63, 3.8) is 0 Å². The van der Waals surface area contributed by atoms with E-state index in [2.05, 4.69) is 10.2 Å². The Morgan fingerprint density at radius 2 is 1.76 bits per heavy atom. The normalized spacial score (nSPS) is 24.5. The van der Waals surface area contributed by atoms with Gasteiger partial charge in [-0.3, -0.25) is 9.47 Å². The van der Waals surface area contributed by atoms with Crippen LogP contribution in [-0.4, -0.2) is 46.8 Å². The first-order valence-electron chi connectivity index (χ1n) is 10.1. The van der Waals surface area contributed by atoms with Gasteiger partial charge in [0.2, 0.25) is 0 Å². The largest absolute Gasteiger partial charge is 0.378 e. The molecule has 150 valence electrons. The number of piperidine rings is 1. The molecule has 2 atom stereocenters. The van der Waals surface area contributed by atoms with Gasteiger partial charge in [-0.2, -0.15) is 0 Å². The maximum absolute atomic E-state index is 13.2. The molecule has 5 rings (SSSR count). The molecule has 2 saturated heterocycles. The summed E-state index contributed by atoms with van der Waals surface area (Å²) in [6, 6.07) is 17.1. The molecule has 0 spiro atoms. The fraction of sp³-hybridized carbons (Fsp3) is 0.348. The van der Waals surface area contributed by atoms with E-state index in [-0.39, 0.29) is 30.0 Å². The summed E-state index contributed by atoms with van der Waals surface area (Å²) in [6.45, 7) is 2.11. The standard InChI is InChI=1S/C23H24FN3O2/c24-18-7-5-16(6-8-18)13-27-20-11-19(12-21(27)15-29-14-20)25-23(28)26-10-9-17-3-1-2-4-22(17)26/h1-10,19-21H,11-15H2,(H,25,28). The molecule has 2 bridgehead atoms. The van der Waals surface area contributed by atoms with E-state index in [1.54, 1.807) is 4.57 Å². The number of para-hydroxylation sites is 1. The molecular weight excluding hydrogens is 369 g/mol. The Bertz CT molecular complexity index is 1000. The van der Waals surface area contributed by atoms with Crippen LogP contribution in [0.1, 0.15) is 18.4 Å². The minimum absolute atomic E-state index is 0.0813. The van der Waals surface area contributed by atoms with Gasteiger partial charge in [-0.25, -0.2) is 9.18 Å². The highest BCUT2D eigenvalue weighted by Gasteiger charge is 2.39. The number of benzene rings is 2. The molecular formula is C23H24FN3O2. The van der Waals surface area contributed by atoms with Gasteiger partial charge in [-0.15, -0.1) is 0 Å². The van der Waals surface area contributed by atoms with Gasteiger partial charge >= 0.3 is 6.03 Å². The van der Waals surface area contributed by atoms with Crippen molar-refractivity contribution >= 4 is 16.9 Å². The number of fused-ring (bicyclic) bond motifs is 3. The molecule has 0 saturated carbocycles. The fourth-order valence-electron chi connectivity index (χ4n) is 4.67. The first-order valence-corrected chi connectivity index (χ1v) is 10.1. The van der Waals surface area contributed by atoms with Crippen LogP contribution in [0.25, 0.3) is 10.9 Å². The van der Waals surface area contributed by atoms with Gasteiger partial charge in [0.15, 0.2) is 0 Å². The van der Waals surface area contributed by atoms with Gasteiger partial charge in [0, 0.05) is 36.3 Å². The van der Waals surface area contributed by atoms with Crippen molar-refractivity contribution in [2.24, 2.45) is 0 Å². The van der Waals surface area contributed by atoms with Gasteiger partial charge in [0.05, 0.1) is 18.7 Å². The number of carbonyl (C=O) groups is 1. The molecule has 2 fully saturated rings. The van der Waals surface area contributed by atoms with Crippen molar-refractivity contribution in [1.82, 2.24) is 14.8 Å². The van der Waals surface area contributed by atoms with Gasteiger partial charge < -0.3 is 10.1 Å². The third-order valence-corrected chi connectivity index (χ3v) is 6.10. The molecule has 2 unspecified atom stereocenters. The van der Waals surface area contributed by atoms with Gasteiger partial charge in [0.1, 0.15) is 5.82 Å². The second-order valence-electron chi connectivity index (χ2n) is 8.01. The zero-order valence-corrected chi connectivity index (χ0v) is 16.1. The molecule has 2 aliphatic rings. The van der Waals surface area contributed by atoms with Crippen LogP contribution >= 0.6 is 0 Å². The van der Waals surface area contributed by atoms with Crippen molar-refractivity contribution < 1.29 is 13.9 Å². The lowest BCUT2D eigenvalue weighted by atomic mass is 9.89. The summed E-state index contributed by atoms with van der Waals surface area (Å²) in [5, 5.41) is 4.28. The first-order chi connectivity index (χ1) is 14.2. The maximum atomic E-state index is 13.2. The lowest BCUT2D eigenvalue weighted by Crippen LogP contribution is -2.60.